The second kappa shape index (κ2) is 13.1. The average molecular weight is 458 g/mol. The van der Waals surface area contributed by atoms with Crippen LogP contribution >= 0.6 is 0 Å². The van der Waals surface area contributed by atoms with Crippen LogP contribution in [0.1, 0.15) is 110 Å². The molecule has 3 fully saturated rings. The number of hydrogen-bond acceptors (Lipinski definition) is 3. The molecule has 1 aromatic carbocycles. The summed E-state index contributed by atoms with van der Waals surface area (Å²) >= 11 is 0. The van der Waals surface area contributed by atoms with E-state index < -0.39 is 0 Å². The molecule has 4 rings (SSSR count). The Hall–Kier alpha value is -1.06. The Balaban J connectivity index is 0.000000968. The highest BCUT2D eigenvalue weighted by Crippen LogP contribution is 2.55. The zero-order chi connectivity index (χ0) is 23.7. The molecule has 0 radical (unpaired) electrons. The van der Waals surface area contributed by atoms with Crippen LogP contribution < -0.4 is 10.5 Å². The second-order valence-corrected chi connectivity index (χ2v) is 11.7. The fourth-order valence-corrected chi connectivity index (χ4v) is 7.05. The molecule has 3 unspecified atom stereocenters. The van der Waals surface area contributed by atoms with E-state index in [1.165, 1.54) is 77.0 Å². The van der Waals surface area contributed by atoms with E-state index in [9.17, 15) is 0 Å². The molecule has 0 heterocycles. The van der Waals surface area contributed by atoms with E-state index in [1.807, 2.05) is 0 Å². The van der Waals surface area contributed by atoms with Crippen molar-refractivity contribution in [2.24, 2.45) is 34.8 Å². The normalized spacial score (nSPS) is 30.8. The van der Waals surface area contributed by atoms with Crippen molar-refractivity contribution in [3.05, 3.63) is 29.8 Å². The second-order valence-electron chi connectivity index (χ2n) is 11.7. The molecule has 0 amide bonds. The average Bonchev–Trinajstić information content (AvgIpc) is 2.79. The van der Waals surface area contributed by atoms with E-state index in [4.69, 9.17) is 15.2 Å². The van der Waals surface area contributed by atoms with Gasteiger partial charge in [0.15, 0.2) is 0 Å². The Bertz CT molecular complexity index is 647. The molecule has 2 N–H and O–H groups in total. The summed E-state index contributed by atoms with van der Waals surface area (Å²) in [6, 6.07) is 8.32. The molecule has 0 aromatic heterocycles. The van der Waals surface area contributed by atoms with E-state index in [-0.39, 0.29) is 11.7 Å². The van der Waals surface area contributed by atoms with Gasteiger partial charge in [-0.1, -0.05) is 78.4 Å². The zero-order valence-corrected chi connectivity index (χ0v) is 22.0. The van der Waals surface area contributed by atoms with Crippen molar-refractivity contribution in [1.82, 2.24) is 0 Å². The Labute approximate surface area is 204 Å². The molecule has 2 bridgehead atoms. The maximum atomic E-state index is 6.67. The molecule has 3 atom stereocenters. The van der Waals surface area contributed by atoms with Gasteiger partial charge in [-0.2, -0.15) is 0 Å². The molecule has 3 saturated carbocycles. The number of hydrogen-bond donors (Lipinski definition) is 1. The van der Waals surface area contributed by atoms with Crippen LogP contribution in [0, 0.1) is 29.1 Å². The van der Waals surface area contributed by atoms with Gasteiger partial charge >= 0.3 is 0 Å². The smallest absolute Gasteiger partial charge is 0.205 e. The Kier molecular flexibility index (Phi) is 10.6. The third-order valence-electron chi connectivity index (χ3n) is 8.10. The van der Waals surface area contributed by atoms with Gasteiger partial charge in [0.25, 0.3) is 0 Å². The molecule has 3 nitrogen and oxygen atoms in total. The van der Waals surface area contributed by atoms with Crippen molar-refractivity contribution < 1.29 is 9.47 Å². The first kappa shape index (κ1) is 26.5. The van der Waals surface area contributed by atoms with Crippen LogP contribution in [0.3, 0.4) is 0 Å². The highest BCUT2D eigenvalue weighted by Gasteiger charge is 2.50. The SMILES string of the molecule is CC1CC2CC(C)CC(C(OCCC3CCCCC3)Oc3ccc(CN)cc3)(C1)C2.CCC. The molecule has 1 aromatic rings. The van der Waals surface area contributed by atoms with E-state index >= 15 is 0 Å². The fraction of sp³-hybridized carbons (Fsp3) is 0.800. The van der Waals surface area contributed by atoms with E-state index in [0.29, 0.717) is 6.54 Å². The van der Waals surface area contributed by atoms with Crippen molar-refractivity contribution in [2.45, 2.75) is 118 Å². The van der Waals surface area contributed by atoms with Crippen molar-refractivity contribution in [3.63, 3.8) is 0 Å². The van der Waals surface area contributed by atoms with Gasteiger partial charge in [0.05, 0.1) is 6.61 Å². The Morgan fingerprint density at radius 2 is 1.55 bits per heavy atom. The first-order valence-corrected chi connectivity index (χ1v) is 14.0. The molecule has 0 saturated heterocycles. The van der Waals surface area contributed by atoms with Crippen LogP contribution in [-0.2, 0) is 11.3 Å². The molecule has 188 valence electrons. The third kappa shape index (κ3) is 7.72. The van der Waals surface area contributed by atoms with Gasteiger partial charge < -0.3 is 15.2 Å². The summed E-state index contributed by atoms with van der Waals surface area (Å²) in [7, 11) is 0. The molecule has 0 aliphatic heterocycles. The van der Waals surface area contributed by atoms with Crippen LogP contribution in [0.4, 0.5) is 0 Å². The summed E-state index contributed by atoms with van der Waals surface area (Å²) in [4.78, 5) is 0. The van der Waals surface area contributed by atoms with Crippen molar-refractivity contribution >= 4 is 0 Å². The van der Waals surface area contributed by atoms with Crippen LogP contribution in [-0.4, -0.2) is 12.9 Å². The third-order valence-corrected chi connectivity index (χ3v) is 8.10. The van der Waals surface area contributed by atoms with Gasteiger partial charge in [-0.05, 0) is 79.9 Å². The standard InChI is InChI=1S/C27H43NO2.C3H8/c1-20-14-24-15-21(2)17-27(16-20,18-24)26(29-13-12-22-6-4-3-5-7-22)30-25-10-8-23(19-28)9-11-25;1-3-2/h8-11,20-22,24,26H,3-7,12-19,28H2,1-2H3;3H2,1-2H3. The van der Waals surface area contributed by atoms with E-state index in [1.54, 1.807) is 0 Å². The van der Waals surface area contributed by atoms with Gasteiger partial charge in [-0.15, -0.1) is 0 Å². The summed E-state index contributed by atoms with van der Waals surface area (Å²) < 4.78 is 13.3. The molecular formula is C30H51NO2. The lowest BCUT2D eigenvalue weighted by Crippen LogP contribution is -2.50. The highest BCUT2D eigenvalue weighted by molar-refractivity contribution is 5.27. The lowest BCUT2D eigenvalue weighted by atomic mass is 9.56. The van der Waals surface area contributed by atoms with Crippen molar-refractivity contribution in [1.29, 1.82) is 0 Å². The molecular weight excluding hydrogens is 406 g/mol. The van der Waals surface area contributed by atoms with Gasteiger partial charge in [-0.25, -0.2) is 0 Å². The van der Waals surface area contributed by atoms with Gasteiger partial charge in [0.2, 0.25) is 6.29 Å². The number of fused-ring (bicyclic) bond motifs is 2. The van der Waals surface area contributed by atoms with Crippen LogP contribution in [0.2, 0.25) is 0 Å². The number of ether oxygens (including phenoxy) is 2. The Morgan fingerprint density at radius 3 is 2.12 bits per heavy atom. The molecule has 3 aliphatic carbocycles. The molecule has 0 spiro atoms. The first-order chi connectivity index (χ1) is 16.0. The van der Waals surface area contributed by atoms with Gasteiger partial charge in [0, 0.05) is 12.0 Å². The summed E-state index contributed by atoms with van der Waals surface area (Å²) in [6.45, 7) is 10.5. The minimum absolute atomic E-state index is 0.127. The fourth-order valence-electron chi connectivity index (χ4n) is 7.05. The summed E-state index contributed by atoms with van der Waals surface area (Å²) in [5.41, 5.74) is 7.10. The monoisotopic (exact) mass is 457 g/mol. The minimum Gasteiger partial charge on any atom is -0.464 e. The number of nitrogens with two attached hydrogens (primary N) is 1. The Morgan fingerprint density at radius 1 is 0.939 bits per heavy atom. The summed E-state index contributed by atoms with van der Waals surface area (Å²) in [5.74, 6) is 4.15. The predicted octanol–water partition coefficient (Wildman–Crippen LogP) is 8.11. The molecule has 3 aliphatic rings. The minimum atomic E-state index is -0.127. The van der Waals surface area contributed by atoms with E-state index in [0.717, 1.165) is 41.6 Å². The molecule has 33 heavy (non-hydrogen) atoms. The summed E-state index contributed by atoms with van der Waals surface area (Å²) in [5, 5.41) is 0. The van der Waals surface area contributed by atoms with Gasteiger partial charge in [-0.3, -0.25) is 0 Å². The maximum Gasteiger partial charge on any atom is 0.205 e. The number of benzene rings is 1. The highest BCUT2D eigenvalue weighted by atomic mass is 16.7. The topological polar surface area (TPSA) is 44.5 Å². The van der Waals surface area contributed by atoms with Gasteiger partial charge in [0.1, 0.15) is 5.75 Å². The first-order valence-electron chi connectivity index (χ1n) is 14.0. The summed E-state index contributed by atoms with van der Waals surface area (Å²) in [6.07, 6.45) is 15.8. The van der Waals surface area contributed by atoms with E-state index in [2.05, 4.69) is 52.0 Å². The van der Waals surface area contributed by atoms with Crippen molar-refractivity contribution in [3.8, 4) is 5.75 Å². The lowest BCUT2D eigenvalue weighted by molar-refractivity contribution is -0.199. The van der Waals surface area contributed by atoms with Crippen LogP contribution in [0.25, 0.3) is 0 Å². The van der Waals surface area contributed by atoms with Crippen molar-refractivity contribution in [2.75, 3.05) is 6.61 Å². The quantitative estimate of drug-likeness (QED) is 0.401. The lowest BCUT2D eigenvalue weighted by Gasteiger charge is -2.52. The van der Waals surface area contributed by atoms with Crippen LogP contribution in [0.15, 0.2) is 24.3 Å². The predicted molar refractivity (Wildman–Crippen MR) is 139 cm³/mol. The number of rotatable bonds is 8. The largest absolute Gasteiger partial charge is 0.464 e. The molecule has 3 heteroatoms. The van der Waals surface area contributed by atoms with Crippen LogP contribution in [0.5, 0.6) is 5.75 Å². The zero-order valence-electron chi connectivity index (χ0n) is 22.0. The maximum absolute atomic E-state index is 6.67.